The first-order chi connectivity index (χ1) is 12.2. The van der Waals surface area contributed by atoms with Crippen molar-refractivity contribution in [1.29, 1.82) is 0 Å². The van der Waals surface area contributed by atoms with Crippen molar-refractivity contribution < 1.29 is 4.79 Å². The summed E-state index contributed by atoms with van der Waals surface area (Å²) < 4.78 is 1.79. The van der Waals surface area contributed by atoms with Gasteiger partial charge in [-0.25, -0.2) is 0 Å². The maximum atomic E-state index is 12.4. The monoisotopic (exact) mass is 331 g/mol. The number of hydrogen-bond donors (Lipinski definition) is 1. The number of rotatable bonds is 4. The van der Waals surface area contributed by atoms with Crippen LogP contribution in [0.4, 0.5) is 5.82 Å². The fourth-order valence-corrected chi connectivity index (χ4v) is 3.48. The van der Waals surface area contributed by atoms with Gasteiger partial charge in [0.05, 0.1) is 12.1 Å². The van der Waals surface area contributed by atoms with Gasteiger partial charge in [-0.1, -0.05) is 54.6 Å². The number of benzene rings is 2. The summed E-state index contributed by atoms with van der Waals surface area (Å²) in [4.78, 5) is 12.4. The number of amides is 1. The van der Waals surface area contributed by atoms with E-state index in [-0.39, 0.29) is 5.91 Å². The Morgan fingerprint density at radius 2 is 1.76 bits per heavy atom. The molecular weight excluding hydrogens is 310 g/mol. The zero-order chi connectivity index (χ0) is 17.2. The van der Waals surface area contributed by atoms with Crippen LogP contribution in [0.3, 0.4) is 0 Å². The van der Waals surface area contributed by atoms with Crippen molar-refractivity contribution in [1.82, 2.24) is 9.78 Å². The van der Waals surface area contributed by atoms with Crippen LogP contribution in [-0.4, -0.2) is 15.7 Å². The van der Waals surface area contributed by atoms with E-state index < -0.39 is 0 Å². The van der Waals surface area contributed by atoms with Crippen molar-refractivity contribution in [3.8, 4) is 11.1 Å². The van der Waals surface area contributed by atoms with Crippen LogP contribution in [-0.2, 0) is 31.1 Å². The number of nitrogens with one attached hydrogen (secondary N) is 1. The number of nitrogens with zero attached hydrogens (tertiary/aromatic N) is 2. The molecule has 1 heterocycles. The summed E-state index contributed by atoms with van der Waals surface area (Å²) in [6.07, 6.45) is 3.52. The maximum absolute atomic E-state index is 12.4. The molecule has 0 saturated carbocycles. The van der Waals surface area contributed by atoms with Crippen LogP contribution in [0.1, 0.15) is 23.2 Å². The normalized spacial score (nSPS) is 12.8. The van der Waals surface area contributed by atoms with E-state index in [2.05, 4.69) is 34.7 Å². The highest BCUT2D eigenvalue weighted by molar-refractivity contribution is 5.92. The standard InChI is InChI=1S/C21H21N3O/c1-24-21(18-8-5-9-19(18)23-24)22-20(25)14-15-10-12-17(13-11-15)16-6-3-2-4-7-16/h2-4,6-7,10-13H,5,8-9,14H2,1H3,(H,22,25). The molecule has 4 nitrogen and oxygen atoms in total. The molecule has 0 saturated heterocycles. The number of aromatic nitrogens is 2. The molecule has 1 aliphatic carbocycles. The van der Waals surface area contributed by atoms with E-state index in [1.165, 1.54) is 11.1 Å². The average molecular weight is 331 g/mol. The second-order valence-corrected chi connectivity index (χ2v) is 6.54. The van der Waals surface area contributed by atoms with E-state index in [0.717, 1.165) is 41.9 Å². The van der Waals surface area contributed by atoms with Crippen molar-refractivity contribution in [2.24, 2.45) is 7.05 Å². The number of anilines is 1. The molecule has 0 atom stereocenters. The first-order valence-corrected chi connectivity index (χ1v) is 8.69. The fraction of sp³-hybridized carbons (Fsp3) is 0.238. The van der Waals surface area contributed by atoms with Gasteiger partial charge in [-0.05, 0) is 36.0 Å². The van der Waals surface area contributed by atoms with Gasteiger partial charge in [0.15, 0.2) is 0 Å². The zero-order valence-corrected chi connectivity index (χ0v) is 14.3. The van der Waals surface area contributed by atoms with E-state index in [9.17, 15) is 4.79 Å². The van der Waals surface area contributed by atoms with Crippen LogP contribution in [0, 0.1) is 0 Å². The lowest BCUT2D eigenvalue weighted by molar-refractivity contribution is -0.115. The van der Waals surface area contributed by atoms with Gasteiger partial charge >= 0.3 is 0 Å². The number of carbonyl (C=O) groups is 1. The minimum atomic E-state index is 0.00478. The van der Waals surface area contributed by atoms with Crippen molar-refractivity contribution in [2.45, 2.75) is 25.7 Å². The Bertz CT molecular complexity index is 895. The highest BCUT2D eigenvalue weighted by atomic mass is 16.1. The first-order valence-electron chi connectivity index (χ1n) is 8.69. The molecule has 1 aromatic heterocycles. The lowest BCUT2D eigenvalue weighted by atomic mass is 10.0. The van der Waals surface area contributed by atoms with Crippen LogP contribution >= 0.6 is 0 Å². The van der Waals surface area contributed by atoms with Crippen LogP contribution < -0.4 is 5.32 Å². The quantitative estimate of drug-likeness (QED) is 0.791. The molecule has 126 valence electrons. The third-order valence-electron chi connectivity index (χ3n) is 4.75. The minimum Gasteiger partial charge on any atom is -0.310 e. The molecule has 2 aromatic carbocycles. The molecule has 1 amide bonds. The topological polar surface area (TPSA) is 46.9 Å². The highest BCUT2D eigenvalue weighted by Crippen LogP contribution is 2.28. The molecule has 0 bridgehead atoms. The second kappa shape index (κ2) is 6.55. The summed E-state index contributed by atoms with van der Waals surface area (Å²) in [7, 11) is 1.89. The van der Waals surface area contributed by atoms with Gasteiger partial charge < -0.3 is 5.32 Å². The van der Waals surface area contributed by atoms with E-state index in [0.29, 0.717) is 6.42 Å². The molecule has 4 heteroatoms. The SMILES string of the molecule is Cn1nc2c(c1NC(=O)Cc1ccc(-c3ccccc3)cc1)CCC2. The summed E-state index contributed by atoms with van der Waals surface area (Å²) in [5.41, 5.74) is 5.69. The molecular formula is C21H21N3O. The van der Waals surface area contributed by atoms with Gasteiger partial charge in [0.1, 0.15) is 5.82 Å². The number of aryl methyl sites for hydroxylation is 2. The molecule has 25 heavy (non-hydrogen) atoms. The third-order valence-corrected chi connectivity index (χ3v) is 4.75. The van der Waals surface area contributed by atoms with E-state index in [4.69, 9.17) is 0 Å². The number of carbonyl (C=O) groups excluding carboxylic acids is 1. The summed E-state index contributed by atoms with van der Waals surface area (Å²) in [5, 5.41) is 7.55. The Balaban J connectivity index is 1.45. The molecule has 3 aromatic rings. The van der Waals surface area contributed by atoms with Gasteiger partial charge in [0, 0.05) is 12.6 Å². The molecule has 0 aliphatic heterocycles. The predicted octanol–water partition coefficient (Wildman–Crippen LogP) is 3.76. The third kappa shape index (κ3) is 3.20. The summed E-state index contributed by atoms with van der Waals surface area (Å²) >= 11 is 0. The molecule has 1 aliphatic rings. The van der Waals surface area contributed by atoms with Crippen molar-refractivity contribution >= 4 is 11.7 Å². The zero-order valence-electron chi connectivity index (χ0n) is 14.3. The minimum absolute atomic E-state index is 0.00478. The summed E-state index contributed by atoms with van der Waals surface area (Å²) in [5.74, 6) is 0.864. The van der Waals surface area contributed by atoms with Crippen molar-refractivity contribution in [3.05, 3.63) is 71.4 Å². The second-order valence-electron chi connectivity index (χ2n) is 6.54. The molecule has 1 N–H and O–H groups in total. The van der Waals surface area contributed by atoms with Crippen LogP contribution in [0.5, 0.6) is 0 Å². The molecule has 0 unspecified atom stereocenters. The lowest BCUT2D eigenvalue weighted by Crippen LogP contribution is -2.17. The Morgan fingerprint density at radius 1 is 1.04 bits per heavy atom. The van der Waals surface area contributed by atoms with E-state index in [1.807, 2.05) is 37.4 Å². The van der Waals surface area contributed by atoms with Crippen molar-refractivity contribution in [2.75, 3.05) is 5.32 Å². The van der Waals surface area contributed by atoms with Crippen LogP contribution in [0.15, 0.2) is 54.6 Å². The molecule has 4 rings (SSSR count). The van der Waals surface area contributed by atoms with E-state index >= 15 is 0 Å². The van der Waals surface area contributed by atoms with Crippen molar-refractivity contribution in [3.63, 3.8) is 0 Å². The lowest BCUT2D eigenvalue weighted by Gasteiger charge is -2.08. The van der Waals surface area contributed by atoms with Crippen LogP contribution in [0.25, 0.3) is 11.1 Å². The Kier molecular flexibility index (Phi) is 4.10. The van der Waals surface area contributed by atoms with E-state index in [1.54, 1.807) is 4.68 Å². The van der Waals surface area contributed by atoms with Gasteiger partial charge in [0.2, 0.25) is 5.91 Å². The van der Waals surface area contributed by atoms with Gasteiger partial charge in [-0.15, -0.1) is 0 Å². The van der Waals surface area contributed by atoms with Gasteiger partial charge in [0.25, 0.3) is 0 Å². The Hall–Kier alpha value is -2.88. The van der Waals surface area contributed by atoms with Gasteiger partial charge in [-0.3, -0.25) is 9.48 Å². The number of hydrogen-bond acceptors (Lipinski definition) is 2. The predicted molar refractivity (Wildman–Crippen MR) is 99.4 cm³/mol. The Morgan fingerprint density at radius 3 is 2.52 bits per heavy atom. The maximum Gasteiger partial charge on any atom is 0.229 e. The Labute approximate surface area is 147 Å². The first kappa shape index (κ1) is 15.6. The van der Waals surface area contributed by atoms with Crippen LogP contribution in [0.2, 0.25) is 0 Å². The summed E-state index contributed by atoms with van der Waals surface area (Å²) in [6, 6.07) is 18.4. The molecule has 0 fully saturated rings. The molecule has 0 spiro atoms. The van der Waals surface area contributed by atoms with Gasteiger partial charge in [-0.2, -0.15) is 5.10 Å². The summed E-state index contributed by atoms with van der Waals surface area (Å²) in [6.45, 7) is 0. The smallest absolute Gasteiger partial charge is 0.229 e. The highest BCUT2D eigenvalue weighted by Gasteiger charge is 2.22. The fourth-order valence-electron chi connectivity index (χ4n) is 3.48. The largest absolute Gasteiger partial charge is 0.310 e. The molecule has 0 radical (unpaired) electrons. The number of fused-ring (bicyclic) bond motifs is 1. The average Bonchev–Trinajstić information content (AvgIpc) is 3.19.